The van der Waals surface area contributed by atoms with Gasteiger partial charge in [-0.05, 0) is 51.2 Å². The van der Waals surface area contributed by atoms with Gasteiger partial charge in [0.25, 0.3) is 0 Å². The fraction of sp³-hybridized carbons (Fsp3) is 0.571. The van der Waals surface area contributed by atoms with Gasteiger partial charge in [0.15, 0.2) is 5.96 Å². The van der Waals surface area contributed by atoms with E-state index in [9.17, 15) is 0 Å². The van der Waals surface area contributed by atoms with Gasteiger partial charge in [0.2, 0.25) is 0 Å². The van der Waals surface area contributed by atoms with Crippen LogP contribution in [-0.4, -0.2) is 54.6 Å². The number of rotatable bonds is 6. The summed E-state index contributed by atoms with van der Waals surface area (Å²) in [5, 5.41) is 8.41. The number of likely N-dealkylation sites (tertiary alicyclic amines) is 1. The summed E-state index contributed by atoms with van der Waals surface area (Å²) >= 11 is 0. The van der Waals surface area contributed by atoms with Crippen molar-refractivity contribution < 1.29 is 0 Å². The fourth-order valence-corrected chi connectivity index (χ4v) is 3.77. The summed E-state index contributed by atoms with van der Waals surface area (Å²) in [6, 6.07) is 9.69. The van der Waals surface area contributed by atoms with Crippen molar-refractivity contribution >= 4 is 40.8 Å². The molecule has 0 aliphatic carbocycles. The molecule has 1 fully saturated rings. The van der Waals surface area contributed by atoms with Crippen LogP contribution in [0.15, 0.2) is 35.5 Å². The standard InChI is InChI=1S/C21H33N5.HI/c1-16(2)26-13-10-18(11-14-26)25-21(22-3)23-12-6-7-17-15-24-20-9-5-4-8-19(17)20;/h4-5,8-9,15-16,18,24H,6-7,10-14H2,1-3H3,(H2,22,23,25);1H. The van der Waals surface area contributed by atoms with E-state index in [-0.39, 0.29) is 24.0 Å². The van der Waals surface area contributed by atoms with Gasteiger partial charge < -0.3 is 20.5 Å². The minimum absolute atomic E-state index is 0. The molecule has 3 rings (SSSR count). The molecule has 27 heavy (non-hydrogen) atoms. The third-order valence-corrected chi connectivity index (χ3v) is 5.41. The molecule has 6 heteroatoms. The first-order chi connectivity index (χ1) is 12.7. The third kappa shape index (κ3) is 6.10. The monoisotopic (exact) mass is 483 g/mol. The number of halogens is 1. The number of aryl methyl sites for hydroxylation is 1. The van der Waals surface area contributed by atoms with Crippen molar-refractivity contribution in [2.75, 3.05) is 26.7 Å². The Bertz CT molecular complexity index is 716. The highest BCUT2D eigenvalue weighted by Gasteiger charge is 2.21. The molecule has 0 spiro atoms. The van der Waals surface area contributed by atoms with Crippen molar-refractivity contribution in [3.63, 3.8) is 0 Å². The normalized spacial score (nSPS) is 16.5. The number of nitrogens with one attached hydrogen (secondary N) is 3. The Balaban J connectivity index is 0.00000261. The number of para-hydroxylation sites is 1. The summed E-state index contributed by atoms with van der Waals surface area (Å²) in [7, 11) is 1.86. The molecule has 2 heterocycles. The molecule has 3 N–H and O–H groups in total. The lowest BCUT2D eigenvalue weighted by atomic mass is 10.0. The number of aliphatic imine (C=N–C) groups is 1. The van der Waals surface area contributed by atoms with E-state index in [4.69, 9.17) is 0 Å². The topological polar surface area (TPSA) is 55.5 Å². The lowest BCUT2D eigenvalue weighted by molar-refractivity contribution is 0.167. The highest BCUT2D eigenvalue weighted by molar-refractivity contribution is 14.0. The molecular formula is C21H34IN5. The minimum atomic E-state index is 0. The van der Waals surface area contributed by atoms with E-state index in [2.05, 4.69) is 69.8 Å². The van der Waals surface area contributed by atoms with Crippen LogP contribution in [0.2, 0.25) is 0 Å². The summed E-state index contributed by atoms with van der Waals surface area (Å²) in [6.07, 6.45) is 6.68. The highest BCUT2D eigenvalue weighted by atomic mass is 127. The van der Waals surface area contributed by atoms with Gasteiger partial charge in [0.1, 0.15) is 0 Å². The van der Waals surface area contributed by atoms with Gasteiger partial charge in [-0.3, -0.25) is 4.99 Å². The molecule has 1 aromatic carbocycles. The van der Waals surface area contributed by atoms with E-state index in [1.54, 1.807) is 0 Å². The first kappa shape index (κ1) is 22.0. The first-order valence-electron chi connectivity index (χ1n) is 9.93. The SMILES string of the molecule is CN=C(NCCCc1c[nH]c2ccccc12)NC1CCN(C(C)C)CC1.I. The number of hydrogen-bond acceptors (Lipinski definition) is 2. The van der Waals surface area contributed by atoms with E-state index in [1.807, 2.05) is 7.05 Å². The zero-order valence-electron chi connectivity index (χ0n) is 16.8. The second kappa shape index (κ2) is 10.9. The van der Waals surface area contributed by atoms with Crippen LogP contribution >= 0.6 is 24.0 Å². The summed E-state index contributed by atoms with van der Waals surface area (Å²) < 4.78 is 0. The lowest BCUT2D eigenvalue weighted by Gasteiger charge is -2.35. The Morgan fingerprint density at radius 2 is 2.00 bits per heavy atom. The molecule has 0 bridgehead atoms. The Morgan fingerprint density at radius 1 is 1.26 bits per heavy atom. The number of aromatic amines is 1. The molecule has 5 nitrogen and oxygen atoms in total. The maximum Gasteiger partial charge on any atom is 0.191 e. The van der Waals surface area contributed by atoms with Gasteiger partial charge in [-0.15, -0.1) is 24.0 Å². The molecule has 0 radical (unpaired) electrons. The van der Waals surface area contributed by atoms with Gasteiger partial charge in [0, 0.05) is 55.9 Å². The van der Waals surface area contributed by atoms with Gasteiger partial charge >= 0.3 is 0 Å². The number of H-pyrrole nitrogens is 1. The average molecular weight is 483 g/mol. The largest absolute Gasteiger partial charge is 0.361 e. The third-order valence-electron chi connectivity index (χ3n) is 5.41. The van der Waals surface area contributed by atoms with Gasteiger partial charge in [-0.25, -0.2) is 0 Å². The van der Waals surface area contributed by atoms with Crippen molar-refractivity contribution in [1.82, 2.24) is 20.5 Å². The van der Waals surface area contributed by atoms with E-state index in [0.717, 1.165) is 25.3 Å². The van der Waals surface area contributed by atoms with Crippen molar-refractivity contribution in [1.29, 1.82) is 0 Å². The van der Waals surface area contributed by atoms with Crippen LogP contribution in [-0.2, 0) is 6.42 Å². The van der Waals surface area contributed by atoms with Gasteiger partial charge in [-0.2, -0.15) is 0 Å². The van der Waals surface area contributed by atoms with E-state index >= 15 is 0 Å². The predicted octanol–water partition coefficient (Wildman–Crippen LogP) is 3.76. The van der Waals surface area contributed by atoms with Crippen LogP contribution in [0, 0.1) is 0 Å². The van der Waals surface area contributed by atoms with Crippen LogP contribution < -0.4 is 10.6 Å². The second-order valence-electron chi connectivity index (χ2n) is 7.51. The van der Waals surface area contributed by atoms with Crippen LogP contribution in [0.3, 0.4) is 0 Å². The van der Waals surface area contributed by atoms with Gasteiger partial charge in [-0.1, -0.05) is 18.2 Å². The Kier molecular flexibility index (Phi) is 8.89. The number of nitrogens with zero attached hydrogens (tertiary/aromatic N) is 2. The molecule has 0 amide bonds. The molecular weight excluding hydrogens is 449 g/mol. The van der Waals surface area contributed by atoms with Crippen molar-refractivity contribution in [3.05, 3.63) is 36.0 Å². The summed E-state index contributed by atoms with van der Waals surface area (Å²) in [6.45, 7) is 7.84. The fourth-order valence-electron chi connectivity index (χ4n) is 3.77. The number of piperidine rings is 1. The predicted molar refractivity (Wildman–Crippen MR) is 126 cm³/mol. The van der Waals surface area contributed by atoms with E-state index in [1.165, 1.54) is 42.4 Å². The first-order valence-corrected chi connectivity index (χ1v) is 9.93. The second-order valence-corrected chi connectivity index (χ2v) is 7.51. The van der Waals surface area contributed by atoms with E-state index in [0.29, 0.717) is 12.1 Å². The molecule has 1 saturated heterocycles. The number of hydrogen-bond donors (Lipinski definition) is 3. The highest BCUT2D eigenvalue weighted by Crippen LogP contribution is 2.18. The van der Waals surface area contributed by atoms with E-state index < -0.39 is 0 Å². The van der Waals surface area contributed by atoms with Crippen LogP contribution in [0.1, 0.15) is 38.7 Å². The summed E-state index contributed by atoms with van der Waals surface area (Å²) in [5.74, 6) is 0.937. The van der Waals surface area contributed by atoms with Crippen molar-refractivity contribution in [3.8, 4) is 0 Å². The summed E-state index contributed by atoms with van der Waals surface area (Å²) in [5.41, 5.74) is 2.62. The Morgan fingerprint density at radius 3 is 2.70 bits per heavy atom. The number of guanidine groups is 1. The minimum Gasteiger partial charge on any atom is -0.361 e. The zero-order chi connectivity index (χ0) is 18.4. The molecule has 1 aromatic heterocycles. The van der Waals surface area contributed by atoms with Crippen molar-refractivity contribution in [2.45, 2.75) is 51.6 Å². The molecule has 0 atom stereocenters. The maximum absolute atomic E-state index is 4.40. The lowest BCUT2D eigenvalue weighted by Crippen LogP contribution is -2.50. The number of fused-ring (bicyclic) bond motifs is 1. The van der Waals surface area contributed by atoms with Crippen LogP contribution in [0.4, 0.5) is 0 Å². The molecule has 150 valence electrons. The molecule has 0 unspecified atom stereocenters. The number of aromatic nitrogens is 1. The van der Waals surface area contributed by atoms with Gasteiger partial charge in [0.05, 0.1) is 0 Å². The molecule has 1 aliphatic heterocycles. The average Bonchev–Trinajstić information content (AvgIpc) is 3.08. The Labute approximate surface area is 180 Å². The zero-order valence-corrected chi connectivity index (χ0v) is 19.1. The van der Waals surface area contributed by atoms with Crippen molar-refractivity contribution in [2.24, 2.45) is 4.99 Å². The molecule has 2 aromatic rings. The maximum atomic E-state index is 4.40. The molecule has 0 saturated carbocycles. The Hall–Kier alpha value is -1.28. The van der Waals surface area contributed by atoms with Crippen LogP contribution in [0.5, 0.6) is 0 Å². The summed E-state index contributed by atoms with van der Waals surface area (Å²) in [4.78, 5) is 10.3. The quantitative estimate of drug-likeness (QED) is 0.254. The molecule has 1 aliphatic rings. The smallest absolute Gasteiger partial charge is 0.191 e. The number of benzene rings is 1. The van der Waals surface area contributed by atoms with Crippen LogP contribution in [0.25, 0.3) is 10.9 Å².